The predicted molar refractivity (Wildman–Crippen MR) is 56.4 cm³/mol. The number of halogens is 3. The average molecular weight is 237 g/mol. The van der Waals surface area contributed by atoms with Gasteiger partial charge >= 0.3 is 6.18 Å². The highest BCUT2D eigenvalue weighted by atomic mass is 32.1. The quantitative estimate of drug-likeness (QED) is 0.847. The largest absolute Gasteiger partial charge is 0.396 e. The first kappa shape index (κ1) is 12.5. The van der Waals surface area contributed by atoms with E-state index in [9.17, 15) is 13.2 Å². The van der Waals surface area contributed by atoms with E-state index in [0.29, 0.717) is 11.4 Å². The van der Waals surface area contributed by atoms with Crippen molar-refractivity contribution >= 4 is 11.3 Å². The standard InChI is InChI=1S/C10H14F3NS/c1-7-3-4-9(15-7)8(5-6-14-2)10(11,12)13/h3-4,8,14H,5-6H2,1-2H3. The molecule has 1 aromatic heterocycles. The Balaban J connectivity index is 2.81. The van der Waals surface area contributed by atoms with Crippen molar-refractivity contribution in [1.29, 1.82) is 0 Å². The summed E-state index contributed by atoms with van der Waals surface area (Å²) in [6.45, 7) is 2.20. The SMILES string of the molecule is CNCCC(c1ccc(C)s1)C(F)(F)F. The first-order valence-corrected chi connectivity index (χ1v) is 5.54. The zero-order valence-corrected chi connectivity index (χ0v) is 9.50. The van der Waals surface area contributed by atoms with Crippen LogP contribution in [-0.4, -0.2) is 19.8 Å². The zero-order chi connectivity index (χ0) is 11.5. The molecule has 0 radical (unpaired) electrons. The van der Waals surface area contributed by atoms with E-state index in [0.717, 1.165) is 4.88 Å². The van der Waals surface area contributed by atoms with Gasteiger partial charge in [0, 0.05) is 9.75 Å². The third kappa shape index (κ3) is 3.50. The van der Waals surface area contributed by atoms with Gasteiger partial charge in [0.2, 0.25) is 0 Å². The second-order valence-electron chi connectivity index (χ2n) is 3.43. The molecule has 15 heavy (non-hydrogen) atoms. The van der Waals surface area contributed by atoms with Crippen molar-refractivity contribution < 1.29 is 13.2 Å². The molecule has 0 saturated heterocycles. The first-order chi connectivity index (χ1) is 6.95. The van der Waals surface area contributed by atoms with Gasteiger partial charge in [-0.1, -0.05) is 0 Å². The number of hydrogen-bond acceptors (Lipinski definition) is 2. The molecule has 1 nitrogen and oxygen atoms in total. The average Bonchev–Trinajstić information content (AvgIpc) is 2.50. The number of rotatable bonds is 4. The zero-order valence-electron chi connectivity index (χ0n) is 8.69. The highest BCUT2D eigenvalue weighted by molar-refractivity contribution is 7.12. The molecule has 0 amide bonds. The second kappa shape index (κ2) is 4.99. The van der Waals surface area contributed by atoms with Gasteiger partial charge in [0.1, 0.15) is 0 Å². The Bertz CT molecular complexity index is 306. The molecular weight excluding hydrogens is 223 g/mol. The summed E-state index contributed by atoms with van der Waals surface area (Å²) >= 11 is 1.23. The maximum atomic E-state index is 12.7. The van der Waals surface area contributed by atoms with Crippen LogP contribution >= 0.6 is 11.3 Å². The van der Waals surface area contributed by atoms with Crippen molar-refractivity contribution in [2.75, 3.05) is 13.6 Å². The Morgan fingerprint density at radius 2 is 2.07 bits per heavy atom. The van der Waals surface area contributed by atoms with Gasteiger partial charge in [0.25, 0.3) is 0 Å². The van der Waals surface area contributed by atoms with E-state index in [2.05, 4.69) is 5.32 Å². The van der Waals surface area contributed by atoms with Gasteiger partial charge in [-0.05, 0) is 39.1 Å². The summed E-state index contributed by atoms with van der Waals surface area (Å²) in [5.74, 6) is -1.33. The predicted octanol–water partition coefficient (Wildman–Crippen LogP) is 3.31. The van der Waals surface area contributed by atoms with Crippen LogP contribution in [0.2, 0.25) is 0 Å². The topological polar surface area (TPSA) is 12.0 Å². The van der Waals surface area contributed by atoms with Crippen molar-refractivity contribution in [1.82, 2.24) is 5.32 Å². The van der Waals surface area contributed by atoms with E-state index >= 15 is 0 Å². The Kier molecular flexibility index (Phi) is 4.16. The maximum absolute atomic E-state index is 12.7. The monoisotopic (exact) mass is 237 g/mol. The molecule has 0 fully saturated rings. The smallest absolute Gasteiger partial charge is 0.320 e. The number of thiophene rings is 1. The van der Waals surface area contributed by atoms with Gasteiger partial charge in [-0.3, -0.25) is 0 Å². The minimum absolute atomic E-state index is 0.0972. The highest BCUT2D eigenvalue weighted by Crippen LogP contribution is 2.39. The van der Waals surface area contributed by atoms with Crippen LogP contribution in [0.15, 0.2) is 12.1 Å². The summed E-state index contributed by atoms with van der Waals surface area (Å²) in [7, 11) is 1.66. The van der Waals surface area contributed by atoms with Crippen LogP contribution < -0.4 is 5.32 Å². The summed E-state index contributed by atoms with van der Waals surface area (Å²) in [6, 6.07) is 3.31. The molecule has 0 saturated carbocycles. The Morgan fingerprint density at radius 3 is 2.47 bits per heavy atom. The fourth-order valence-electron chi connectivity index (χ4n) is 1.40. The molecule has 1 unspecified atom stereocenters. The van der Waals surface area contributed by atoms with E-state index < -0.39 is 12.1 Å². The lowest BCUT2D eigenvalue weighted by Gasteiger charge is -2.18. The first-order valence-electron chi connectivity index (χ1n) is 4.73. The van der Waals surface area contributed by atoms with Crippen molar-refractivity contribution in [3.8, 4) is 0 Å². The third-order valence-corrected chi connectivity index (χ3v) is 3.30. The minimum Gasteiger partial charge on any atom is -0.320 e. The third-order valence-electron chi connectivity index (χ3n) is 2.18. The summed E-state index contributed by atoms with van der Waals surface area (Å²) in [5.41, 5.74) is 0. The molecule has 0 aliphatic heterocycles. The van der Waals surface area contributed by atoms with E-state index in [-0.39, 0.29) is 6.42 Å². The Labute approximate surface area is 91.3 Å². The Morgan fingerprint density at radius 1 is 1.40 bits per heavy atom. The number of alkyl halides is 3. The number of hydrogen-bond donors (Lipinski definition) is 1. The molecule has 1 aromatic rings. The molecule has 1 atom stereocenters. The number of aryl methyl sites for hydroxylation is 1. The highest BCUT2D eigenvalue weighted by Gasteiger charge is 2.40. The van der Waals surface area contributed by atoms with E-state index in [1.807, 2.05) is 6.92 Å². The summed E-state index contributed by atoms with van der Waals surface area (Å²) in [5, 5.41) is 2.75. The lowest BCUT2D eigenvalue weighted by molar-refractivity contribution is -0.150. The maximum Gasteiger partial charge on any atom is 0.396 e. The lowest BCUT2D eigenvalue weighted by Crippen LogP contribution is -2.23. The van der Waals surface area contributed by atoms with Crippen molar-refractivity contribution in [3.05, 3.63) is 21.9 Å². The lowest BCUT2D eigenvalue weighted by atomic mass is 10.0. The van der Waals surface area contributed by atoms with Crippen LogP contribution in [0, 0.1) is 6.92 Å². The fourth-order valence-corrected chi connectivity index (χ4v) is 2.43. The van der Waals surface area contributed by atoms with Gasteiger partial charge < -0.3 is 5.32 Å². The summed E-state index contributed by atoms with van der Waals surface area (Å²) < 4.78 is 38.2. The van der Waals surface area contributed by atoms with Crippen molar-refractivity contribution in [3.63, 3.8) is 0 Å². The van der Waals surface area contributed by atoms with Gasteiger partial charge in [-0.15, -0.1) is 11.3 Å². The van der Waals surface area contributed by atoms with E-state index in [4.69, 9.17) is 0 Å². The van der Waals surface area contributed by atoms with Crippen LogP contribution in [0.4, 0.5) is 13.2 Å². The van der Waals surface area contributed by atoms with Gasteiger partial charge in [-0.25, -0.2) is 0 Å². The van der Waals surface area contributed by atoms with Gasteiger partial charge in [0.05, 0.1) is 5.92 Å². The van der Waals surface area contributed by atoms with Crippen LogP contribution in [0.5, 0.6) is 0 Å². The van der Waals surface area contributed by atoms with Crippen LogP contribution in [0.3, 0.4) is 0 Å². The van der Waals surface area contributed by atoms with Gasteiger partial charge in [-0.2, -0.15) is 13.2 Å². The molecule has 1 heterocycles. The minimum atomic E-state index is -4.14. The molecule has 0 aliphatic rings. The molecule has 5 heteroatoms. The molecule has 86 valence electrons. The summed E-state index contributed by atoms with van der Waals surface area (Å²) in [4.78, 5) is 1.33. The van der Waals surface area contributed by atoms with Crippen LogP contribution in [-0.2, 0) is 0 Å². The van der Waals surface area contributed by atoms with Crippen LogP contribution in [0.1, 0.15) is 22.1 Å². The molecular formula is C10H14F3NS. The molecule has 1 rings (SSSR count). The molecule has 0 bridgehead atoms. The molecule has 1 N–H and O–H groups in total. The Hall–Kier alpha value is -0.550. The van der Waals surface area contributed by atoms with Gasteiger partial charge in [0.15, 0.2) is 0 Å². The molecule has 0 spiro atoms. The second-order valence-corrected chi connectivity index (χ2v) is 4.75. The van der Waals surface area contributed by atoms with Crippen LogP contribution in [0.25, 0.3) is 0 Å². The molecule has 0 aromatic carbocycles. The fraction of sp³-hybridized carbons (Fsp3) is 0.600. The normalized spacial score (nSPS) is 14.2. The van der Waals surface area contributed by atoms with Crippen molar-refractivity contribution in [2.24, 2.45) is 0 Å². The molecule has 0 aliphatic carbocycles. The van der Waals surface area contributed by atoms with Crippen molar-refractivity contribution in [2.45, 2.75) is 25.4 Å². The van der Waals surface area contributed by atoms with E-state index in [1.165, 1.54) is 11.3 Å². The summed E-state index contributed by atoms with van der Waals surface area (Å²) in [6.07, 6.45) is -4.05. The number of nitrogens with one attached hydrogen (secondary N) is 1. The van der Waals surface area contributed by atoms with E-state index in [1.54, 1.807) is 19.2 Å².